The van der Waals surface area contributed by atoms with Crippen molar-refractivity contribution in [3.8, 4) is 0 Å². The van der Waals surface area contributed by atoms with Crippen LogP contribution in [0.5, 0.6) is 0 Å². The molecule has 0 radical (unpaired) electrons. The Bertz CT molecular complexity index is 1750. The van der Waals surface area contributed by atoms with E-state index in [1.165, 1.54) is 29.2 Å². The first-order valence-corrected chi connectivity index (χ1v) is 18.4. The van der Waals surface area contributed by atoms with Gasteiger partial charge in [0.05, 0.1) is 10.6 Å². The minimum absolute atomic E-state index is 0.00520. The average Bonchev–Trinajstić information content (AvgIpc) is 3.07. The quantitative estimate of drug-likeness (QED) is 0.162. The molecule has 0 saturated heterocycles. The monoisotopic (exact) mass is 735 g/mol. The van der Waals surface area contributed by atoms with Gasteiger partial charge in [-0.05, 0) is 79.4 Å². The Labute approximate surface area is 291 Å². The van der Waals surface area contributed by atoms with Crippen LogP contribution in [-0.4, -0.2) is 43.8 Å². The fraction of sp³-hybridized carbons (Fsp3) is 0.297. The number of sulfonamides is 1. The van der Waals surface area contributed by atoms with Crippen LogP contribution in [0.2, 0.25) is 5.02 Å². The van der Waals surface area contributed by atoms with Crippen molar-refractivity contribution in [2.75, 3.05) is 10.8 Å². The van der Waals surface area contributed by atoms with E-state index in [4.69, 9.17) is 11.6 Å². The number of anilines is 1. The van der Waals surface area contributed by atoms with Gasteiger partial charge in [-0.1, -0.05) is 107 Å². The molecule has 246 valence electrons. The van der Waals surface area contributed by atoms with Gasteiger partial charge >= 0.3 is 0 Å². The number of hydrogen-bond acceptors (Lipinski definition) is 4. The summed E-state index contributed by atoms with van der Waals surface area (Å²) in [4.78, 5) is 30.4. The molecular formula is C37H39BrClN3O4S. The van der Waals surface area contributed by atoms with Gasteiger partial charge < -0.3 is 10.2 Å². The number of carbonyl (C=O) groups excluding carboxylic acids is 2. The molecular weight excluding hydrogens is 698 g/mol. The minimum Gasteiger partial charge on any atom is -0.352 e. The third kappa shape index (κ3) is 9.24. The van der Waals surface area contributed by atoms with Crippen LogP contribution in [-0.2, 0) is 32.6 Å². The van der Waals surface area contributed by atoms with Crippen LogP contribution in [0, 0.1) is 6.92 Å². The highest BCUT2D eigenvalue weighted by atomic mass is 79.9. The van der Waals surface area contributed by atoms with Crippen molar-refractivity contribution in [2.24, 2.45) is 0 Å². The maximum atomic E-state index is 14.6. The summed E-state index contributed by atoms with van der Waals surface area (Å²) in [7, 11) is -4.20. The molecule has 47 heavy (non-hydrogen) atoms. The van der Waals surface area contributed by atoms with E-state index in [1.54, 1.807) is 24.3 Å². The third-order valence-corrected chi connectivity index (χ3v) is 11.1. The van der Waals surface area contributed by atoms with Crippen molar-refractivity contribution >= 4 is 55.1 Å². The Morgan fingerprint density at radius 1 is 0.851 bits per heavy atom. The average molecular weight is 737 g/mol. The van der Waals surface area contributed by atoms with Crippen LogP contribution in [0.15, 0.2) is 112 Å². The molecule has 1 aliphatic rings. The van der Waals surface area contributed by atoms with Crippen molar-refractivity contribution in [2.45, 2.75) is 69.0 Å². The molecule has 5 rings (SSSR count). The summed E-state index contributed by atoms with van der Waals surface area (Å²) >= 11 is 9.56. The van der Waals surface area contributed by atoms with Gasteiger partial charge in [-0.15, -0.1) is 0 Å². The zero-order chi connectivity index (χ0) is 33.4. The minimum atomic E-state index is -4.20. The number of carbonyl (C=O) groups is 2. The van der Waals surface area contributed by atoms with Crippen molar-refractivity contribution < 1.29 is 18.0 Å². The summed E-state index contributed by atoms with van der Waals surface area (Å²) in [6.07, 6.45) is 5.30. The maximum absolute atomic E-state index is 14.6. The molecule has 0 aromatic heterocycles. The van der Waals surface area contributed by atoms with E-state index in [2.05, 4.69) is 21.2 Å². The summed E-state index contributed by atoms with van der Waals surface area (Å²) in [5, 5.41) is 3.64. The Hall–Kier alpha value is -3.66. The number of amides is 2. The summed E-state index contributed by atoms with van der Waals surface area (Å²) in [6.45, 7) is 1.52. The summed E-state index contributed by atoms with van der Waals surface area (Å²) in [5.74, 6) is -0.737. The molecule has 4 aromatic carbocycles. The molecule has 0 bridgehead atoms. The van der Waals surface area contributed by atoms with E-state index < -0.39 is 28.5 Å². The topological polar surface area (TPSA) is 86.8 Å². The fourth-order valence-electron chi connectivity index (χ4n) is 5.86. The first kappa shape index (κ1) is 34.7. The molecule has 1 N–H and O–H groups in total. The van der Waals surface area contributed by atoms with Gasteiger partial charge in [-0.25, -0.2) is 8.42 Å². The largest absolute Gasteiger partial charge is 0.352 e. The van der Waals surface area contributed by atoms with Crippen LogP contribution in [0.4, 0.5) is 5.69 Å². The van der Waals surface area contributed by atoms with Gasteiger partial charge in [0.15, 0.2) is 0 Å². The molecule has 1 unspecified atom stereocenters. The Balaban J connectivity index is 1.55. The molecule has 0 heterocycles. The SMILES string of the molecule is Cc1ccc(N(CC(=O)N(Cc2ccc(Br)cc2)C(Cc2ccccc2)C(=O)NC2CCCCC2)S(=O)(=O)c2ccc(Cl)cc2)cc1. The van der Waals surface area contributed by atoms with Crippen LogP contribution in [0.25, 0.3) is 0 Å². The molecule has 0 aliphatic heterocycles. The fourth-order valence-corrected chi connectivity index (χ4v) is 7.66. The summed E-state index contributed by atoms with van der Waals surface area (Å²) in [5.41, 5.74) is 3.00. The molecule has 2 amide bonds. The van der Waals surface area contributed by atoms with Crippen molar-refractivity contribution in [1.82, 2.24) is 10.2 Å². The zero-order valence-electron chi connectivity index (χ0n) is 26.3. The maximum Gasteiger partial charge on any atom is 0.264 e. The second kappa shape index (κ2) is 16.0. The van der Waals surface area contributed by atoms with Crippen molar-refractivity contribution in [3.63, 3.8) is 0 Å². The number of hydrogen-bond donors (Lipinski definition) is 1. The second-order valence-corrected chi connectivity index (χ2v) is 15.2. The Kier molecular flexibility index (Phi) is 11.8. The van der Waals surface area contributed by atoms with Crippen molar-refractivity contribution in [1.29, 1.82) is 0 Å². The lowest BCUT2D eigenvalue weighted by Crippen LogP contribution is -2.55. The number of nitrogens with one attached hydrogen (secondary N) is 1. The van der Waals surface area contributed by atoms with E-state index in [-0.39, 0.29) is 29.8 Å². The van der Waals surface area contributed by atoms with E-state index in [9.17, 15) is 18.0 Å². The second-order valence-electron chi connectivity index (χ2n) is 12.0. The number of benzene rings is 4. The van der Waals surface area contributed by atoms with Crippen LogP contribution in [0.1, 0.15) is 48.8 Å². The summed E-state index contributed by atoms with van der Waals surface area (Å²) < 4.78 is 30.3. The molecule has 1 saturated carbocycles. The molecule has 1 fully saturated rings. The van der Waals surface area contributed by atoms with Gasteiger partial charge in [0.2, 0.25) is 11.8 Å². The van der Waals surface area contributed by atoms with Gasteiger partial charge in [0, 0.05) is 28.5 Å². The Morgan fingerprint density at radius 3 is 2.13 bits per heavy atom. The molecule has 1 aliphatic carbocycles. The predicted molar refractivity (Wildman–Crippen MR) is 191 cm³/mol. The van der Waals surface area contributed by atoms with Gasteiger partial charge in [0.1, 0.15) is 12.6 Å². The van der Waals surface area contributed by atoms with E-state index in [0.717, 1.165) is 57.6 Å². The number of aryl methyl sites for hydroxylation is 1. The third-order valence-electron chi connectivity index (χ3n) is 8.49. The van der Waals surface area contributed by atoms with E-state index in [0.29, 0.717) is 10.7 Å². The lowest BCUT2D eigenvalue weighted by molar-refractivity contribution is -0.140. The van der Waals surface area contributed by atoms with Gasteiger partial charge in [0.25, 0.3) is 10.0 Å². The highest BCUT2D eigenvalue weighted by molar-refractivity contribution is 9.10. The highest BCUT2D eigenvalue weighted by Crippen LogP contribution is 2.27. The van der Waals surface area contributed by atoms with Crippen LogP contribution < -0.4 is 9.62 Å². The number of rotatable bonds is 12. The smallest absolute Gasteiger partial charge is 0.264 e. The van der Waals surface area contributed by atoms with E-state index >= 15 is 0 Å². The molecule has 4 aromatic rings. The predicted octanol–water partition coefficient (Wildman–Crippen LogP) is 7.70. The number of halogens is 2. The van der Waals surface area contributed by atoms with Gasteiger partial charge in [-0.2, -0.15) is 0 Å². The first-order chi connectivity index (χ1) is 22.6. The lowest BCUT2D eigenvalue weighted by Gasteiger charge is -2.35. The molecule has 7 nitrogen and oxygen atoms in total. The van der Waals surface area contributed by atoms with E-state index in [1.807, 2.05) is 61.5 Å². The lowest BCUT2D eigenvalue weighted by atomic mass is 9.94. The van der Waals surface area contributed by atoms with Crippen molar-refractivity contribution in [3.05, 3.63) is 129 Å². The van der Waals surface area contributed by atoms with Gasteiger partial charge in [-0.3, -0.25) is 13.9 Å². The first-order valence-electron chi connectivity index (χ1n) is 15.8. The highest BCUT2D eigenvalue weighted by Gasteiger charge is 2.35. The van der Waals surface area contributed by atoms with Crippen LogP contribution in [0.3, 0.4) is 0 Å². The molecule has 10 heteroatoms. The summed E-state index contributed by atoms with van der Waals surface area (Å²) in [6, 6.07) is 29.2. The zero-order valence-corrected chi connectivity index (χ0v) is 29.5. The Morgan fingerprint density at radius 2 is 1.49 bits per heavy atom. The van der Waals surface area contributed by atoms with Crippen LogP contribution >= 0.6 is 27.5 Å². The molecule has 0 spiro atoms. The normalized spacial score (nSPS) is 14.3. The number of nitrogens with zero attached hydrogens (tertiary/aromatic N) is 2. The molecule has 1 atom stereocenters. The standard InChI is InChI=1S/C37H39BrClN3O4S/c1-27-12-20-33(21-13-27)42(47(45,46)34-22-18-31(39)19-23-34)26-36(43)41(25-29-14-16-30(38)17-15-29)35(24-28-8-4-2-5-9-28)37(44)40-32-10-6-3-7-11-32/h2,4-5,8-9,12-23,32,35H,3,6-7,10-11,24-26H2,1H3,(H,40,44).